The fraction of sp³-hybridized carbons (Fsp3) is 0.391. The summed E-state index contributed by atoms with van der Waals surface area (Å²) in [5.41, 5.74) is 2.53. The molecule has 7 heteroatoms. The maximum absolute atomic E-state index is 14.2. The lowest BCUT2D eigenvalue weighted by atomic mass is 9.95. The zero-order chi connectivity index (χ0) is 20.7. The average Bonchev–Trinajstić information content (AvgIpc) is 3.50. The minimum Gasteiger partial charge on any atom is -0.356 e. The van der Waals surface area contributed by atoms with Crippen molar-refractivity contribution in [2.24, 2.45) is 4.99 Å². The van der Waals surface area contributed by atoms with Crippen LogP contribution in [-0.4, -0.2) is 25.5 Å². The lowest BCUT2D eigenvalue weighted by Crippen LogP contribution is -2.41. The molecule has 1 fully saturated rings. The van der Waals surface area contributed by atoms with E-state index in [0.717, 1.165) is 36.1 Å². The van der Waals surface area contributed by atoms with Gasteiger partial charge in [0.2, 0.25) is 5.91 Å². The summed E-state index contributed by atoms with van der Waals surface area (Å²) in [5, 5.41) is 9.51. The molecule has 0 unspecified atom stereocenters. The number of guanidine groups is 1. The summed E-state index contributed by atoms with van der Waals surface area (Å²) >= 11 is 0. The zero-order valence-corrected chi connectivity index (χ0v) is 19.8. The van der Waals surface area contributed by atoms with E-state index in [1.165, 1.54) is 6.07 Å². The molecule has 3 rings (SSSR count). The molecule has 1 amide bonds. The van der Waals surface area contributed by atoms with Crippen molar-refractivity contribution in [3.05, 3.63) is 65.5 Å². The molecule has 1 aliphatic carbocycles. The quantitative estimate of drug-likeness (QED) is 0.269. The van der Waals surface area contributed by atoms with E-state index in [1.807, 2.05) is 43.3 Å². The Morgan fingerprint density at radius 2 is 1.80 bits per heavy atom. The molecule has 2 aromatic carbocycles. The molecule has 162 valence electrons. The van der Waals surface area contributed by atoms with Gasteiger partial charge in [0.05, 0.1) is 0 Å². The largest absolute Gasteiger partial charge is 0.356 e. The first kappa shape index (κ1) is 24.1. The van der Waals surface area contributed by atoms with E-state index < -0.39 is 0 Å². The Morgan fingerprint density at radius 1 is 1.10 bits per heavy atom. The molecule has 3 N–H and O–H groups in total. The Hall–Kier alpha value is -2.16. The van der Waals surface area contributed by atoms with Gasteiger partial charge >= 0.3 is 0 Å². The summed E-state index contributed by atoms with van der Waals surface area (Å²) in [7, 11) is 1.73. The Balaban J connectivity index is 0.00000320. The van der Waals surface area contributed by atoms with E-state index in [2.05, 4.69) is 20.9 Å². The Bertz CT molecular complexity index is 866. The predicted octanol–water partition coefficient (Wildman–Crippen LogP) is 4.58. The molecular formula is C23H30FIN4O. The summed E-state index contributed by atoms with van der Waals surface area (Å²) in [4.78, 5) is 15.9. The molecule has 0 heterocycles. The monoisotopic (exact) mass is 524 g/mol. The van der Waals surface area contributed by atoms with Gasteiger partial charge in [0.1, 0.15) is 5.82 Å². The number of nitrogens with one attached hydrogen (secondary N) is 3. The number of halogens is 2. The molecule has 2 aromatic rings. The minimum absolute atomic E-state index is 0. The molecule has 0 aliphatic heterocycles. The number of anilines is 1. The summed E-state index contributed by atoms with van der Waals surface area (Å²) in [6.45, 7) is 3.24. The SMILES string of the molecule is CCCC(=O)Nc1ccc(CNC(=NC)NCC2(c3ccccc3F)CC2)cc1.I. The number of rotatable bonds is 8. The smallest absolute Gasteiger partial charge is 0.224 e. The first-order chi connectivity index (χ1) is 14.1. The van der Waals surface area contributed by atoms with E-state index in [9.17, 15) is 9.18 Å². The van der Waals surface area contributed by atoms with Crippen molar-refractivity contribution in [1.82, 2.24) is 10.6 Å². The van der Waals surface area contributed by atoms with Crippen LogP contribution in [-0.2, 0) is 16.8 Å². The van der Waals surface area contributed by atoms with Crippen LogP contribution in [0.2, 0.25) is 0 Å². The third kappa shape index (κ3) is 6.42. The van der Waals surface area contributed by atoms with E-state index in [0.29, 0.717) is 25.5 Å². The zero-order valence-electron chi connectivity index (χ0n) is 17.5. The molecule has 0 saturated heterocycles. The summed E-state index contributed by atoms with van der Waals surface area (Å²) in [6, 6.07) is 14.8. The maximum atomic E-state index is 14.2. The second kappa shape index (κ2) is 11.3. The van der Waals surface area contributed by atoms with Crippen molar-refractivity contribution in [2.45, 2.75) is 44.6 Å². The lowest BCUT2D eigenvalue weighted by molar-refractivity contribution is -0.116. The van der Waals surface area contributed by atoms with E-state index in [-0.39, 0.29) is 41.1 Å². The number of aliphatic imine (C=N–C) groups is 1. The van der Waals surface area contributed by atoms with Gasteiger partial charge in [-0.05, 0) is 48.6 Å². The highest BCUT2D eigenvalue weighted by molar-refractivity contribution is 14.0. The molecule has 0 aromatic heterocycles. The predicted molar refractivity (Wildman–Crippen MR) is 131 cm³/mol. The third-order valence-electron chi connectivity index (χ3n) is 5.29. The van der Waals surface area contributed by atoms with Gasteiger partial charge < -0.3 is 16.0 Å². The van der Waals surface area contributed by atoms with Gasteiger partial charge in [-0.1, -0.05) is 37.3 Å². The average molecular weight is 524 g/mol. The molecule has 0 spiro atoms. The van der Waals surface area contributed by atoms with Crippen LogP contribution in [0.5, 0.6) is 0 Å². The third-order valence-corrected chi connectivity index (χ3v) is 5.29. The first-order valence-electron chi connectivity index (χ1n) is 10.1. The summed E-state index contributed by atoms with van der Waals surface area (Å²) < 4.78 is 14.2. The van der Waals surface area contributed by atoms with Crippen molar-refractivity contribution in [3.63, 3.8) is 0 Å². The molecule has 5 nitrogen and oxygen atoms in total. The van der Waals surface area contributed by atoms with Crippen molar-refractivity contribution < 1.29 is 9.18 Å². The number of benzene rings is 2. The van der Waals surface area contributed by atoms with Gasteiger partial charge in [0.25, 0.3) is 0 Å². The fourth-order valence-corrected chi connectivity index (χ4v) is 3.40. The first-order valence-corrected chi connectivity index (χ1v) is 10.1. The van der Waals surface area contributed by atoms with Gasteiger partial charge in [-0.15, -0.1) is 24.0 Å². The summed E-state index contributed by atoms with van der Waals surface area (Å²) in [5.74, 6) is 0.584. The van der Waals surface area contributed by atoms with E-state index in [4.69, 9.17) is 0 Å². The van der Waals surface area contributed by atoms with Gasteiger partial charge in [-0.25, -0.2) is 4.39 Å². The van der Waals surface area contributed by atoms with Crippen molar-refractivity contribution in [2.75, 3.05) is 18.9 Å². The number of nitrogens with zero attached hydrogens (tertiary/aromatic N) is 1. The molecule has 30 heavy (non-hydrogen) atoms. The van der Waals surface area contributed by atoms with Crippen LogP contribution >= 0.6 is 24.0 Å². The van der Waals surface area contributed by atoms with Gasteiger partial charge in [0, 0.05) is 37.7 Å². The normalized spacial score (nSPS) is 14.4. The van der Waals surface area contributed by atoms with Crippen LogP contribution in [0.1, 0.15) is 43.7 Å². The fourth-order valence-electron chi connectivity index (χ4n) is 3.40. The lowest BCUT2D eigenvalue weighted by Gasteiger charge is -2.19. The number of hydrogen-bond donors (Lipinski definition) is 3. The molecule has 0 bridgehead atoms. The maximum Gasteiger partial charge on any atom is 0.224 e. The number of carbonyl (C=O) groups excluding carboxylic acids is 1. The van der Waals surface area contributed by atoms with Crippen LogP contribution in [0.3, 0.4) is 0 Å². The van der Waals surface area contributed by atoms with E-state index in [1.54, 1.807) is 13.1 Å². The second-order valence-electron chi connectivity index (χ2n) is 7.53. The molecule has 1 aliphatic rings. The highest BCUT2D eigenvalue weighted by atomic mass is 127. The standard InChI is InChI=1S/C23H29FN4O.HI/c1-3-6-21(29)28-18-11-9-17(10-12-18)15-26-22(25-2)27-16-23(13-14-23)19-7-4-5-8-20(19)24;/h4-5,7-12H,3,6,13-16H2,1-2H3,(H,28,29)(H2,25,26,27);1H. The van der Waals surface area contributed by atoms with Crippen LogP contribution in [0, 0.1) is 5.82 Å². The molecule has 1 saturated carbocycles. The number of carbonyl (C=O) groups is 1. The topological polar surface area (TPSA) is 65.5 Å². The highest BCUT2D eigenvalue weighted by Crippen LogP contribution is 2.48. The Kier molecular flexibility index (Phi) is 9.08. The second-order valence-corrected chi connectivity index (χ2v) is 7.53. The van der Waals surface area contributed by atoms with Gasteiger partial charge in [0.15, 0.2) is 5.96 Å². The number of hydrogen-bond acceptors (Lipinski definition) is 2. The van der Waals surface area contributed by atoms with E-state index >= 15 is 0 Å². The van der Waals surface area contributed by atoms with Crippen LogP contribution in [0.15, 0.2) is 53.5 Å². The highest BCUT2D eigenvalue weighted by Gasteiger charge is 2.45. The Labute approximate surface area is 195 Å². The van der Waals surface area contributed by atoms with Crippen molar-refractivity contribution in [1.29, 1.82) is 0 Å². The minimum atomic E-state index is -0.138. The molecular weight excluding hydrogens is 494 g/mol. The van der Waals surface area contributed by atoms with Crippen molar-refractivity contribution in [3.8, 4) is 0 Å². The van der Waals surface area contributed by atoms with Gasteiger partial charge in [-0.2, -0.15) is 0 Å². The van der Waals surface area contributed by atoms with Crippen LogP contribution in [0.25, 0.3) is 0 Å². The van der Waals surface area contributed by atoms with Crippen LogP contribution in [0.4, 0.5) is 10.1 Å². The van der Waals surface area contributed by atoms with Crippen LogP contribution < -0.4 is 16.0 Å². The van der Waals surface area contributed by atoms with Crippen molar-refractivity contribution >= 4 is 41.5 Å². The molecule has 0 atom stereocenters. The Morgan fingerprint density at radius 3 is 2.40 bits per heavy atom. The molecule has 0 radical (unpaired) electrons. The summed E-state index contributed by atoms with van der Waals surface area (Å²) in [6.07, 6.45) is 3.31. The van der Waals surface area contributed by atoms with Gasteiger partial charge in [-0.3, -0.25) is 9.79 Å². The number of amides is 1.